The van der Waals surface area contributed by atoms with Gasteiger partial charge in [-0.05, 0) is 79.0 Å². The molecule has 2 amide bonds. The van der Waals surface area contributed by atoms with Crippen LogP contribution in [0.1, 0.15) is 66.9 Å². The Labute approximate surface area is 239 Å². The Bertz CT molecular complexity index is 1400. The summed E-state index contributed by atoms with van der Waals surface area (Å²) in [6.07, 6.45) is 3.52. The van der Waals surface area contributed by atoms with Crippen LogP contribution in [0.5, 0.6) is 5.75 Å². The highest BCUT2D eigenvalue weighted by molar-refractivity contribution is 8.00. The molecule has 0 fully saturated rings. The minimum Gasteiger partial charge on any atom is -0.497 e. The number of carbonyl (C=O) groups excluding carboxylic acids is 2. The van der Waals surface area contributed by atoms with E-state index in [0.29, 0.717) is 39.9 Å². The maximum Gasteiger partial charge on any atom is 0.255 e. The number of nitriles is 1. The van der Waals surface area contributed by atoms with Gasteiger partial charge in [0.2, 0.25) is 5.91 Å². The number of hydrogen-bond donors (Lipinski definition) is 2. The van der Waals surface area contributed by atoms with Crippen LogP contribution in [0.2, 0.25) is 0 Å². The average molecular weight is 562 g/mol. The van der Waals surface area contributed by atoms with E-state index in [9.17, 15) is 14.9 Å². The van der Waals surface area contributed by atoms with Gasteiger partial charge in [-0.3, -0.25) is 9.59 Å². The lowest BCUT2D eigenvalue weighted by Crippen LogP contribution is -2.26. The number of amides is 2. The van der Waals surface area contributed by atoms with Crippen molar-refractivity contribution in [3.63, 3.8) is 0 Å². The fraction of sp³-hybridized carbons (Fsp3) is 0.387. The van der Waals surface area contributed by atoms with Crippen LogP contribution in [-0.4, -0.2) is 24.2 Å². The van der Waals surface area contributed by atoms with Gasteiger partial charge in [0, 0.05) is 21.0 Å². The molecule has 0 aliphatic heterocycles. The topological polar surface area (TPSA) is 91.2 Å². The highest BCUT2D eigenvalue weighted by Crippen LogP contribution is 2.44. The highest BCUT2D eigenvalue weighted by atomic mass is 32.2. The lowest BCUT2D eigenvalue weighted by atomic mass is 9.72. The van der Waals surface area contributed by atoms with Crippen LogP contribution >= 0.6 is 23.1 Å². The van der Waals surface area contributed by atoms with Crippen molar-refractivity contribution in [1.82, 2.24) is 0 Å². The number of nitrogens with zero attached hydrogens (tertiary/aromatic N) is 1. The molecule has 1 aliphatic carbocycles. The summed E-state index contributed by atoms with van der Waals surface area (Å²) in [5, 5.41) is 16.2. The molecule has 0 radical (unpaired) electrons. The Kier molecular flexibility index (Phi) is 9.04. The van der Waals surface area contributed by atoms with Crippen molar-refractivity contribution < 1.29 is 14.3 Å². The summed E-state index contributed by atoms with van der Waals surface area (Å²) < 4.78 is 5.21. The Morgan fingerprint density at radius 1 is 1.18 bits per heavy atom. The number of hydrogen-bond acceptors (Lipinski definition) is 6. The molecule has 1 aromatic heterocycles. The maximum absolute atomic E-state index is 13.3. The zero-order valence-electron chi connectivity index (χ0n) is 23.1. The summed E-state index contributed by atoms with van der Waals surface area (Å²) >= 11 is 3.01. The quantitative estimate of drug-likeness (QED) is 0.277. The standard InChI is InChI=1S/C31H35N3O3S2/c1-6-26(29(36)34-30-25(18-32)24-14-13-20(31(2,3)4)16-27(24)39-30)38-23-12-8-10-21(17-23)33-28(35)19-9-7-11-22(15-19)37-5/h7-12,15,17,20,26H,6,13-14,16H2,1-5H3,(H,33,35)(H,34,36). The number of carbonyl (C=O) groups is 2. The third kappa shape index (κ3) is 6.84. The monoisotopic (exact) mass is 561 g/mol. The molecule has 39 heavy (non-hydrogen) atoms. The van der Waals surface area contributed by atoms with E-state index >= 15 is 0 Å². The first-order valence-corrected chi connectivity index (χ1v) is 14.9. The zero-order valence-corrected chi connectivity index (χ0v) is 24.7. The molecule has 2 unspecified atom stereocenters. The fourth-order valence-electron chi connectivity index (χ4n) is 4.83. The summed E-state index contributed by atoms with van der Waals surface area (Å²) in [7, 11) is 1.56. The summed E-state index contributed by atoms with van der Waals surface area (Å²) in [6, 6.07) is 16.8. The molecule has 0 spiro atoms. The van der Waals surface area contributed by atoms with Crippen LogP contribution in [0.25, 0.3) is 0 Å². The van der Waals surface area contributed by atoms with Crippen molar-refractivity contribution in [3.05, 3.63) is 70.1 Å². The van der Waals surface area contributed by atoms with Gasteiger partial charge in [-0.25, -0.2) is 0 Å². The number of rotatable bonds is 8. The molecule has 0 saturated heterocycles. The number of nitrogens with one attached hydrogen (secondary N) is 2. The Hall–Kier alpha value is -3.28. The SMILES string of the molecule is CCC(Sc1cccc(NC(=O)c2cccc(OC)c2)c1)C(=O)Nc1sc2c(c1C#N)CCC(C(C)(C)C)C2. The van der Waals surface area contributed by atoms with Gasteiger partial charge in [-0.2, -0.15) is 5.26 Å². The number of anilines is 2. The number of thioether (sulfide) groups is 1. The van der Waals surface area contributed by atoms with E-state index in [0.717, 1.165) is 29.7 Å². The van der Waals surface area contributed by atoms with E-state index in [1.807, 2.05) is 31.2 Å². The summed E-state index contributed by atoms with van der Waals surface area (Å²) in [5.74, 6) is 0.828. The molecule has 0 bridgehead atoms. The lowest BCUT2D eigenvalue weighted by Gasteiger charge is -2.33. The first-order chi connectivity index (χ1) is 18.6. The van der Waals surface area contributed by atoms with E-state index in [4.69, 9.17) is 4.74 Å². The van der Waals surface area contributed by atoms with Gasteiger partial charge in [0.05, 0.1) is 17.9 Å². The van der Waals surface area contributed by atoms with E-state index in [1.165, 1.54) is 16.6 Å². The molecule has 1 heterocycles. The Morgan fingerprint density at radius 2 is 1.95 bits per heavy atom. The van der Waals surface area contributed by atoms with Gasteiger partial charge in [0.25, 0.3) is 5.91 Å². The predicted octanol–water partition coefficient (Wildman–Crippen LogP) is 7.54. The number of ether oxygens (including phenoxy) is 1. The van der Waals surface area contributed by atoms with Crippen molar-refractivity contribution in [2.45, 2.75) is 63.5 Å². The van der Waals surface area contributed by atoms with Crippen molar-refractivity contribution in [2.75, 3.05) is 17.7 Å². The zero-order chi connectivity index (χ0) is 28.2. The molecule has 2 N–H and O–H groups in total. The normalized spacial score (nSPS) is 15.5. The van der Waals surface area contributed by atoms with Gasteiger partial charge in [0.1, 0.15) is 16.8 Å². The molecule has 2 aromatic carbocycles. The molecule has 4 rings (SSSR count). The minimum absolute atomic E-state index is 0.115. The van der Waals surface area contributed by atoms with Crippen LogP contribution in [0.4, 0.5) is 10.7 Å². The third-order valence-corrected chi connectivity index (χ3v) is 9.73. The van der Waals surface area contributed by atoms with Gasteiger partial charge in [-0.15, -0.1) is 23.1 Å². The van der Waals surface area contributed by atoms with Crippen molar-refractivity contribution in [3.8, 4) is 11.8 Å². The lowest BCUT2D eigenvalue weighted by molar-refractivity contribution is -0.115. The number of benzene rings is 2. The fourth-order valence-corrected chi connectivity index (χ4v) is 7.12. The second-order valence-corrected chi connectivity index (χ2v) is 13.2. The highest BCUT2D eigenvalue weighted by Gasteiger charge is 2.33. The molecule has 1 aliphatic rings. The van der Waals surface area contributed by atoms with Crippen LogP contribution < -0.4 is 15.4 Å². The molecule has 204 valence electrons. The van der Waals surface area contributed by atoms with Crippen molar-refractivity contribution in [1.29, 1.82) is 5.26 Å². The third-order valence-electron chi connectivity index (χ3n) is 7.20. The molecule has 2 atom stereocenters. The van der Waals surface area contributed by atoms with Crippen molar-refractivity contribution >= 4 is 45.6 Å². The van der Waals surface area contributed by atoms with E-state index < -0.39 is 0 Å². The number of methoxy groups -OCH3 is 1. The average Bonchev–Trinajstić information content (AvgIpc) is 3.27. The van der Waals surface area contributed by atoms with E-state index in [2.05, 4.69) is 37.5 Å². The van der Waals surface area contributed by atoms with Gasteiger partial charge >= 0.3 is 0 Å². The molecular formula is C31H35N3O3S2. The minimum atomic E-state index is -0.345. The second-order valence-electron chi connectivity index (χ2n) is 10.8. The first kappa shape index (κ1) is 28.7. The number of thiophene rings is 1. The Morgan fingerprint density at radius 3 is 2.64 bits per heavy atom. The van der Waals surface area contributed by atoms with Gasteiger partial charge in [-0.1, -0.05) is 39.8 Å². The molecule has 8 heteroatoms. The van der Waals surface area contributed by atoms with Crippen LogP contribution in [0.15, 0.2) is 53.4 Å². The largest absolute Gasteiger partial charge is 0.497 e. The first-order valence-electron chi connectivity index (χ1n) is 13.2. The molecule has 6 nitrogen and oxygen atoms in total. The maximum atomic E-state index is 13.3. The molecule has 0 saturated carbocycles. The smallest absolute Gasteiger partial charge is 0.255 e. The number of fused-ring (bicyclic) bond motifs is 1. The van der Waals surface area contributed by atoms with Crippen LogP contribution in [0, 0.1) is 22.7 Å². The van der Waals surface area contributed by atoms with Crippen LogP contribution in [0.3, 0.4) is 0 Å². The van der Waals surface area contributed by atoms with Crippen molar-refractivity contribution in [2.24, 2.45) is 11.3 Å². The van der Waals surface area contributed by atoms with E-state index in [-0.39, 0.29) is 22.5 Å². The summed E-state index contributed by atoms with van der Waals surface area (Å²) in [4.78, 5) is 28.2. The van der Waals surface area contributed by atoms with E-state index in [1.54, 1.807) is 42.7 Å². The molecular weight excluding hydrogens is 526 g/mol. The molecule has 3 aromatic rings. The summed E-state index contributed by atoms with van der Waals surface area (Å²) in [6.45, 7) is 8.79. The van der Waals surface area contributed by atoms with Crippen LogP contribution in [-0.2, 0) is 17.6 Å². The summed E-state index contributed by atoms with van der Waals surface area (Å²) in [5.41, 5.74) is 3.09. The Balaban J connectivity index is 1.45. The second kappa shape index (κ2) is 12.3. The van der Waals surface area contributed by atoms with Gasteiger partial charge < -0.3 is 15.4 Å². The predicted molar refractivity (Wildman–Crippen MR) is 160 cm³/mol. The van der Waals surface area contributed by atoms with Gasteiger partial charge in [0.15, 0.2) is 0 Å².